The Labute approximate surface area is 104 Å². The van der Waals surface area contributed by atoms with Crippen LogP contribution in [0.4, 0.5) is 0 Å². The summed E-state index contributed by atoms with van der Waals surface area (Å²) in [5.74, 6) is 0. The summed E-state index contributed by atoms with van der Waals surface area (Å²) in [5.41, 5.74) is 0.0788. The second-order valence-corrected chi connectivity index (χ2v) is 7.75. The van der Waals surface area contributed by atoms with Crippen LogP contribution in [0.5, 0.6) is 0 Å². The normalized spacial score (nSPS) is 14.6. The van der Waals surface area contributed by atoms with Crippen molar-refractivity contribution in [3.05, 3.63) is 23.8 Å². The fourth-order valence-electron chi connectivity index (χ4n) is 1.62. The van der Waals surface area contributed by atoms with E-state index in [2.05, 4.69) is 0 Å². The first-order valence-corrected chi connectivity index (χ1v) is 7.94. The van der Waals surface area contributed by atoms with E-state index in [1.807, 2.05) is 20.8 Å². The Hall–Kier alpha value is -0.720. The maximum atomic E-state index is 11.8. The lowest BCUT2D eigenvalue weighted by molar-refractivity contribution is 0.527. The lowest BCUT2D eigenvalue weighted by Crippen LogP contribution is -2.18. The molecule has 1 aromatic rings. The fourth-order valence-corrected chi connectivity index (χ4v) is 3.94. The Kier molecular flexibility index (Phi) is 3.81. The Balaban J connectivity index is 3.77. The molecule has 6 heteroatoms. The van der Waals surface area contributed by atoms with Crippen molar-refractivity contribution in [2.45, 2.75) is 36.0 Å². The maximum absolute atomic E-state index is 11.8. The van der Waals surface area contributed by atoms with Crippen LogP contribution < -0.4 is 0 Å². The third kappa shape index (κ3) is 3.14. The molecule has 1 rings (SSSR count). The van der Waals surface area contributed by atoms with Gasteiger partial charge in [0.2, 0.25) is 0 Å². The van der Waals surface area contributed by atoms with Gasteiger partial charge in [0, 0.05) is 11.2 Å². The van der Waals surface area contributed by atoms with Crippen molar-refractivity contribution < 1.29 is 17.2 Å². The van der Waals surface area contributed by atoms with E-state index in [-0.39, 0.29) is 9.79 Å². The first-order chi connectivity index (χ1) is 7.55. The van der Waals surface area contributed by atoms with Gasteiger partial charge in [-0.3, -0.25) is 4.21 Å². The van der Waals surface area contributed by atoms with Crippen LogP contribution in [0.3, 0.4) is 0 Å². The minimum Gasteiger partial charge on any atom is -0.768 e. The molecule has 1 unspecified atom stereocenters. The largest absolute Gasteiger partial charge is 0.768 e. The zero-order valence-corrected chi connectivity index (χ0v) is 11.8. The van der Waals surface area contributed by atoms with E-state index in [4.69, 9.17) is 0 Å². The molecule has 0 radical (unpaired) electrons. The number of sulfone groups is 1. The predicted octanol–water partition coefficient (Wildman–Crippen LogP) is 1.63. The molecule has 1 atom stereocenters. The molecular weight excluding hydrogens is 260 g/mol. The molecule has 0 saturated carbocycles. The van der Waals surface area contributed by atoms with E-state index < -0.39 is 26.3 Å². The van der Waals surface area contributed by atoms with Gasteiger partial charge in [-0.05, 0) is 28.1 Å². The monoisotopic (exact) mass is 275 g/mol. The van der Waals surface area contributed by atoms with E-state index in [0.717, 1.165) is 6.26 Å². The first kappa shape index (κ1) is 14.3. The van der Waals surface area contributed by atoms with E-state index in [1.165, 1.54) is 6.07 Å². The van der Waals surface area contributed by atoms with Crippen LogP contribution in [0, 0.1) is 0 Å². The van der Waals surface area contributed by atoms with Gasteiger partial charge in [-0.1, -0.05) is 32.9 Å². The zero-order chi connectivity index (χ0) is 13.4. The van der Waals surface area contributed by atoms with E-state index in [9.17, 15) is 17.2 Å². The highest BCUT2D eigenvalue weighted by atomic mass is 32.2. The Morgan fingerprint density at radius 1 is 1.24 bits per heavy atom. The van der Waals surface area contributed by atoms with Crippen LogP contribution in [0.25, 0.3) is 0 Å². The Morgan fingerprint density at radius 3 is 2.12 bits per heavy atom. The van der Waals surface area contributed by atoms with E-state index in [0.29, 0.717) is 5.56 Å². The van der Waals surface area contributed by atoms with Gasteiger partial charge in [0.25, 0.3) is 0 Å². The van der Waals surface area contributed by atoms with Crippen LogP contribution in [-0.4, -0.2) is 23.4 Å². The SMILES string of the molecule is CC(C)(C)c1cccc(S(=O)[O-])c1S(C)(=O)=O. The highest BCUT2D eigenvalue weighted by Gasteiger charge is 2.25. The predicted molar refractivity (Wildman–Crippen MR) is 65.4 cm³/mol. The summed E-state index contributed by atoms with van der Waals surface area (Å²) in [5, 5.41) is 0. The third-order valence-corrected chi connectivity index (χ3v) is 4.35. The van der Waals surface area contributed by atoms with Crippen LogP contribution in [0.2, 0.25) is 0 Å². The topological polar surface area (TPSA) is 74.3 Å². The van der Waals surface area contributed by atoms with Gasteiger partial charge in [-0.25, -0.2) is 8.42 Å². The van der Waals surface area contributed by atoms with Gasteiger partial charge in [0.1, 0.15) is 0 Å². The Bertz CT molecular complexity index is 553. The molecule has 0 saturated heterocycles. The summed E-state index contributed by atoms with van der Waals surface area (Å²) in [7, 11) is -3.59. The standard InChI is InChI=1S/C11H16O4S2/c1-11(2,3)8-6-5-7-9(16(12)13)10(8)17(4,14)15/h5-7H,1-4H3,(H,12,13)/p-1. The zero-order valence-electron chi connectivity index (χ0n) is 10.2. The van der Waals surface area contributed by atoms with Crippen molar-refractivity contribution in [1.82, 2.24) is 0 Å². The van der Waals surface area contributed by atoms with Crippen molar-refractivity contribution in [1.29, 1.82) is 0 Å². The number of benzene rings is 1. The smallest absolute Gasteiger partial charge is 0.176 e. The van der Waals surface area contributed by atoms with E-state index in [1.54, 1.807) is 12.1 Å². The molecule has 0 aliphatic rings. The fraction of sp³-hybridized carbons (Fsp3) is 0.455. The Morgan fingerprint density at radius 2 is 1.76 bits per heavy atom. The van der Waals surface area contributed by atoms with Gasteiger partial charge in [-0.15, -0.1) is 0 Å². The minimum atomic E-state index is -3.59. The van der Waals surface area contributed by atoms with Gasteiger partial charge in [0.05, 0.1) is 4.90 Å². The molecule has 0 aliphatic heterocycles. The molecular formula is C11H15O4S2-. The maximum Gasteiger partial charge on any atom is 0.176 e. The molecule has 0 N–H and O–H groups in total. The molecule has 0 aromatic heterocycles. The molecule has 0 fully saturated rings. The van der Waals surface area contributed by atoms with Gasteiger partial charge in [0.15, 0.2) is 9.84 Å². The highest BCUT2D eigenvalue weighted by Crippen LogP contribution is 2.32. The molecule has 0 bridgehead atoms. The molecule has 0 aliphatic carbocycles. The van der Waals surface area contributed by atoms with Gasteiger partial charge in [-0.2, -0.15) is 0 Å². The molecule has 0 heterocycles. The average Bonchev–Trinajstić information content (AvgIpc) is 2.13. The van der Waals surface area contributed by atoms with Gasteiger partial charge >= 0.3 is 0 Å². The minimum absolute atomic E-state index is 0.0965. The number of rotatable bonds is 2. The summed E-state index contributed by atoms with van der Waals surface area (Å²) in [6.07, 6.45) is 1.02. The number of hydrogen-bond donors (Lipinski definition) is 0. The summed E-state index contributed by atoms with van der Waals surface area (Å²) in [6.45, 7) is 5.53. The summed E-state index contributed by atoms with van der Waals surface area (Å²) < 4.78 is 45.7. The van der Waals surface area contributed by atoms with Crippen LogP contribution >= 0.6 is 0 Å². The molecule has 17 heavy (non-hydrogen) atoms. The highest BCUT2D eigenvalue weighted by molar-refractivity contribution is 7.91. The second kappa shape index (κ2) is 4.51. The van der Waals surface area contributed by atoms with Gasteiger partial charge < -0.3 is 4.55 Å². The van der Waals surface area contributed by atoms with Crippen molar-refractivity contribution >= 4 is 20.9 Å². The van der Waals surface area contributed by atoms with Crippen molar-refractivity contribution in [3.8, 4) is 0 Å². The van der Waals surface area contributed by atoms with Crippen LogP contribution in [0.15, 0.2) is 28.0 Å². The summed E-state index contributed by atoms with van der Waals surface area (Å²) in [4.78, 5) is -0.263. The lowest BCUT2D eigenvalue weighted by atomic mass is 9.87. The second-order valence-electron chi connectivity index (χ2n) is 4.89. The van der Waals surface area contributed by atoms with Crippen molar-refractivity contribution in [2.75, 3.05) is 6.26 Å². The summed E-state index contributed by atoms with van der Waals surface area (Å²) in [6, 6.07) is 4.50. The average molecular weight is 275 g/mol. The van der Waals surface area contributed by atoms with Crippen LogP contribution in [0.1, 0.15) is 26.3 Å². The molecule has 96 valence electrons. The van der Waals surface area contributed by atoms with Crippen LogP contribution in [-0.2, 0) is 26.3 Å². The quantitative estimate of drug-likeness (QED) is 0.769. The van der Waals surface area contributed by atoms with E-state index >= 15 is 0 Å². The third-order valence-electron chi connectivity index (χ3n) is 2.34. The van der Waals surface area contributed by atoms with Crippen molar-refractivity contribution in [2.24, 2.45) is 0 Å². The van der Waals surface area contributed by atoms with Crippen molar-refractivity contribution in [3.63, 3.8) is 0 Å². The lowest BCUT2D eigenvalue weighted by Gasteiger charge is -2.24. The summed E-state index contributed by atoms with van der Waals surface area (Å²) >= 11 is -2.56. The molecule has 1 aromatic carbocycles. The molecule has 0 spiro atoms. The molecule has 0 amide bonds. The number of hydrogen-bond acceptors (Lipinski definition) is 4. The first-order valence-electron chi connectivity index (χ1n) is 4.98. The molecule has 4 nitrogen and oxygen atoms in total.